The van der Waals surface area contributed by atoms with Crippen LogP contribution in [-0.2, 0) is 0 Å². The lowest BCUT2D eigenvalue weighted by atomic mass is 10.0. The first-order chi connectivity index (χ1) is 9.53. The zero-order valence-electron chi connectivity index (χ0n) is 12.9. The van der Waals surface area contributed by atoms with Crippen LogP contribution in [0.15, 0.2) is 18.3 Å². The van der Waals surface area contributed by atoms with Gasteiger partial charge in [-0.25, -0.2) is 0 Å². The minimum atomic E-state index is -0.0347. The van der Waals surface area contributed by atoms with E-state index in [9.17, 15) is 4.79 Å². The van der Waals surface area contributed by atoms with Gasteiger partial charge in [0.1, 0.15) is 5.69 Å². The number of anilines is 1. The Hall–Kier alpha value is -1.62. The summed E-state index contributed by atoms with van der Waals surface area (Å²) in [5, 5.41) is 3.36. The summed E-state index contributed by atoms with van der Waals surface area (Å²) in [5.74, 6) is 0.391. The van der Waals surface area contributed by atoms with Crippen LogP contribution >= 0.6 is 0 Å². The first-order valence-electron chi connectivity index (χ1n) is 7.25. The van der Waals surface area contributed by atoms with Gasteiger partial charge in [-0.3, -0.25) is 9.78 Å². The summed E-state index contributed by atoms with van der Waals surface area (Å²) < 4.78 is 0. The van der Waals surface area contributed by atoms with Gasteiger partial charge in [0, 0.05) is 37.6 Å². The van der Waals surface area contributed by atoms with Crippen LogP contribution in [0.2, 0.25) is 0 Å². The molecule has 5 heteroatoms. The molecular weight excluding hydrogens is 252 g/mol. The van der Waals surface area contributed by atoms with Gasteiger partial charge < -0.3 is 16.0 Å². The van der Waals surface area contributed by atoms with E-state index in [0.29, 0.717) is 31.2 Å². The van der Waals surface area contributed by atoms with Crippen LogP contribution in [0, 0.1) is 5.92 Å². The zero-order chi connectivity index (χ0) is 15.1. The molecule has 0 aliphatic rings. The first-order valence-corrected chi connectivity index (χ1v) is 7.25. The van der Waals surface area contributed by atoms with Crippen LogP contribution in [0.25, 0.3) is 0 Å². The maximum Gasteiger partial charge on any atom is 0.272 e. The lowest BCUT2D eigenvalue weighted by Crippen LogP contribution is -2.34. The van der Waals surface area contributed by atoms with Crippen molar-refractivity contribution in [1.29, 1.82) is 0 Å². The fourth-order valence-electron chi connectivity index (χ4n) is 2.02. The second kappa shape index (κ2) is 7.85. The second-order valence-electron chi connectivity index (χ2n) is 5.14. The number of aromatic nitrogens is 1. The van der Waals surface area contributed by atoms with Crippen LogP contribution < -0.4 is 11.1 Å². The molecule has 3 N–H and O–H groups in total. The molecular formula is C15H26N4O. The van der Waals surface area contributed by atoms with Crippen molar-refractivity contribution in [3.05, 3.63) is 24.0 Å². The number of nitrogens with one attached hydrogen (secondary N) is 1. The Labute approximate surface area is 121 Å². The maximum atomic E-state index is 12.3. The second-order valence-corrected chi connectivity index (χ2v) is 5.14. The summed E-state index contributed by atoms with van der Waals surface area (Å²) in [6.45, 7) is 10.1. The standard InChI is InChI=1S/C15H26N4O/c1-5-19(6-2)15(20)13-9-12(7-8-17-13)18-14(10-16)11(3)4/h7-9,11,14H,5-6,10,16H2,1-4H3,(H,17,18). The fourth-order valence-corrected chi connectivity index (χ4v) is 2.02. The fraction of sp³-hybridized carbons (Fsp3) is 0.600. The number of carbonyl (C=O) groups excluding carboxylic acids is 1. The van der Waals surface area contributed by atoms with Crippen molar-refractivity contribution < 1.29 is 4.79 Å². The topological polar surface area (TPSA) is 71.2 Å². The Morgan fingerprint density at radius 2 is 2.05 bits per heavy atom. The number of rotatable bonds is 7. The summed E-state index contributed by atoms with van der Waals surface area (Å²) in [4.78, 5) is 18.2. The average molecular weight is 278 g/mol. The van der Waals surface area contributed by atoms with Crippen LogP contribution in [0.3, 0.4) is 0 Å². The van der Waals surface area contributed by atoms with Gasteiger partial charge in [-0.2, -0.15) is 0 Å². The first kappa shape index (κ1) is 16.4. The minimum Gasteiger partial charge on any atom is -0.381 e. The molecule has 5 nitrogen and oxygen atoms in total. The van der Waals surface area contributed by atoms with Crippen LogP contribution in [-0.4, -0.2) is 41.5 Å². The Morgan fingerprint density at radius 1 is 1.40 bits per heavy atom. The highest BCUT2D eigenvalue weighted by molar-refractivity contribution is 5.93. The molecule has 0 spiro atoms. The third-order valence-electron chi connectivity index (χ3n) is 3.44. The largest absolute Gasteiger partial charge is 0.381 e. The van der Waals surface area contributed by atoms with Crippen LogP contribution in [0.1, 0.15) is 38.2 Å². The van der Waals surface area contributed by atoms with Crippen molar-refractivity contribution in [2.75, 3.05) is 25.0 Å². The molecule has 0 fully saturated rings. The highest BCUT2D eigenvalue weighted by Gasteiger charge is 2.16. The number of carbonyl (C=O) groups is 1. The molecule has 0 radical (unpaired) electrons. The molecule has 0 aliphatic heterocycles. The molecule has 1 atom stereocenters. The van der Waals surface area contributed by atoms with Crippen molar-refractivity contribution in [1.82, 2.24) is 9.88 Å². The van der Waals surface area contributed by atoms with Gasteiger partial charge in [-0.1, -0.05) is 13.8 Å². The van der Waals surface area contributed by atoms with Crippen molar-refractivity contribution in [2.45, 2.75) is 33.7 Å². The third kappa shape index (κ3) is 4.20. The van der Waals surface area contributed by atoms with E-state index < -0.39 is 0 Å². The molecule has 1 unspecified atom stereocenters. The Balaban J connectivity index is 2.87. The molecule has 0 bridgehead atoms. The maximum absolute atomic E-state index is 12.3. The summed E-state index contributed by atoms with van der Waals surface area (Å²) >= 11 is 0. The van der Waals surface area contributed by atoms with E-state index in [2.05, 4.69) is 24.1 Å². The molecule has 1 rings (SSSR count). The molecule has 0 saturated carbocycles. The predicted octanol–water partition coefficient (Wildman–Crippen LogP) is 1.96. The smallest absolute Gasteiger partial charge is 0.272 e. The van der Waals surface area contributed by atoms with E-state index in [0.717, 1.165) is 5.69 Å². The van der Waals surface area contributed by atoms with Crippen molar-refractivity contribution in [2.24, 2.45) is 11.7 Å². The quantitative estimate of drug-likeness (QED) is 0.800. The number of nitrogens with zero attached hydrogens (tertiary/aromatic N) is 2. The number of hydrogen-bond acceptors (Lipinski definition) is 4. The molecule has 112 valence electrons. The SMILES string of the molecule is CCN(CC)C(=O)c1cc(NC(CN)C(C)C)ccn1. The van der Waals surface area contributed by atoms with Crippen molar-refractivity contribution in [3.8, 4) is 0 Å². The number of pyridine rings is 1. The molecule has 1 aromatic heterocycles. The van der Waals surface area contributed by atoms with E-state index in [4.69, 9.17) is 5.73 Å². The molecule has 1 aromatic rings. The number of amides is 1. The van der Waals surface area contributed by atoms with E-state index in [-0.39, 0.29) is 11.9 Å². The lowest BCUT2D eigenvalue weighted by molar-refractivity contribution is 0.0767. The molecule has 0 aromatic carbocycles. The van der Waals surface area contributed by atoms with E-state index in [1.54, 1.807) is 17.2 Å². The molecule has 1 heterocycles. The van der Waals surface area contributed by atoms with Crippen LogP contribution in [0.5, 0.6) is 0 Å². The summed E-state index contributed by atoms with van der Waals surface area (Å²) in [6, 6.07) is 3.85. The van der Waals surface area contributed by atoms with Gasteiger partial charge in [0.15, 0.2) is 0 Å². The normalized spacial score (nSPS) is 12.3. The monoisotopic (exact) mass is 278 g/mol. The van der Waals surface area contributed by atoms with E-state index in [1.165, 1.54) is 0 Å². The highest BCUT2D eigenvalue weighted by atomic mass is 16.2. The van der Waals surface area contributed by atoms with Gasteiger partial charge in [-0.05, 0) is 31.9 Å². The van der Waals surface area contributed by atoms with Gasteiger partial charge >= 0.3 is 0 Å². The molecule has 20 heavy (non-hydrogen) atoms. The molecule has 0 saturated heterocycles. The Kier molecular flexibility index (Phi) is 6.45. The Morgan fingerprint density at radius 3 is 2.55 bits per heavy atom. The third-order valence-corrected chi connectivity index (χ3v) is 3.44. The number of hydrogen-bond donors (Lipinski definition) is 2. The van der Waals surface area contributed by atoms with Gasteiger partial charge in [0.05, 0.1) is 0 Å². The molecule has 1 amide bonds. The number of nitrogens with two attached hydrogens (primary N) is 1. The Bertz CT molecular complexity index is 430. The summed E-state index contributed by atoms with van der Waals surface area (Å²) in [7, 11) is 0. The lowest BCUT2D eigenvalue weighted by Gasteiger charge is -2.22. The predicted molar refractivity (Wildman–Crippen MR) is 82.8 cm³/mol. The van der Waals surface area contributed by atoms with Gasteiger partial charge in [0.2, 0.25) is 0 Å². The van der Waals surface area contributed by atoms with Crippen LogP contribution in [0.4, 0.5) is 5.69 Å². The average Bonchev–Trinajstić information content (AvgIpc) is 2.45. The summed E-state index contributed by atoms with van der Waals surface area (Å²) in [5.41, 5.74) is 7.12. The zero-order valence-corrected chi connectivity index (χ0v) is 12.9. The minimum absolute atomic E-state index is 0.0347. The molecule has 0 aliphatic carbocycles. The van der Waals surface area contributed by atoms with Crippen molar-refractivity contribution >= 4 is 11.6 Å². The summed E-state index contributed by atoms with van der Waals surface area (Å²) in [6.07, 6.45) is 1.66. The highest BCUT2D eigenvalue weighted by Crippen LogP contribution is 2.14. The van der Waals surface area contributed by atoms with Crippen molar-refractivity contribution in [3.63, 3.8) is 0 Å². The van der Waals surface area contributed by atoms with Gasteiger partial charge in [-0.15, -0.1) is 0 Å². The van der Waals surface area contributed by atoms with E-state index >= 15 is 0 Å². The van der Waals surface area contributed by atoms with Gasteiger partial charge in [0.25, 0.3) is 5.91 Å². The van der Waals surface area contributed by atoms with E-state index in [1.807, 2.05) is 19.9 Å².